The number of amides is 2. The largest absolute Gasteiger partial charge is 0.358 e. The standard InChI is InChI=1S/C7H10FN3O2/c1-4-6(8)7(13)11(10-4)3-5(12)9-2/h6H,3H2,1-2H3,(H,9,12). The Balaban J connectivity index is 2.63. The summed E-state index contributed by atoms with van der Waals surface area (Å²) in [7, 11) is 1.44. The number of hydrazone groups is 1. The van der Waals surface area contributed by atoms with Gasteiger partial charge in [-0.2, -0.15) is 5.10 Å². The second kappa shape index (κ2) is 3.51. The smallest absolute Gasteiger partial charge is 0.283 e. The molecule has 5 nitrogen and oxygen atoms in total. The van der Waals surface area contributed by atoms with E-state index in [-0.39, 0.29) is 18.2 Å². The molecule has 1 N–H and O–H groups in total. The van der Waals surface area contributed by atoms with E-state index >= 15 is 0 Å². The summed E-state index contributed by atoms with van der Waals surface area (Å²) in [5.74, 6) is -1.15. The average molecular weight is 187 g/mol. The van der Waals surface area contributed by atoms with Gasteiger partial charge in [-0.1, -0.05) is 0 Å². The molecule has 1 aliphatic heterocycles. The van der Waals surface area contributed by atoms with Crippen LogP contribution in [0.5, 0.6) is 0 Å². The third kappa shape index (κ3) is 1.82. The van der Waals surface area contributed by atoms with Crippen molar-refractivity contribution in [2.24, 2.45) is 5.10 Å². The van der Waals surface area contributed by atoms with Gasteiger partial charge >= 0.3 is 0 Å². The Morgan fingerprint density at radius 3 is 2.77 bits per heavy atom. The minimum absolute atomic E-state index is 0.0916. The minimum atomic E-state index is -1.69. The SMILES string of the molecule is CNC(=O)CN1N=C(C)C(F)C1=O. The van der Waals surface area contributed by atoms with Crippen molar-refractivity contribution in [2.45, 2.75) is 13.1 Å². The molecule has 13 heavy (non-hydrogen) atoms. The predicted octanol–water partition coefficient (Wildman–Crippen LogP) is -0.711. The molecule has 1 atom stereocenters. The monoisotopic (exact) mass is 187 g/mol. The third-order valence-electron chi connectivity index (χ3n) is 1.69. The zero-order valence-corrected chi connectivity index (χ0v) is 7.37. The highest BCUT2D eigenvalue weighted by atomic mass is 19.1. The van der Waals surface area contributed by atoms with Crippen LogP contribution in [-0.4, -0.2) is 42.3 Å². The molecule has 1 rings (SSSR count). The average Bonchev–Trinajstić information content (AvgIpc) is 2.34. The molecule has 6 heteroatoms. The highest BCUT2D eigenvalue weighted by Crippen LogP contribution is 2.11. The molecule has 1 aliphatic rings. The van der Waals surface area contributed by atoms with Gasteiger partial charge in [0.1, 0.15) is 6.54 Å². The lowest BCUT2D eigenvalue weighted by atomic mass is 10.3. The van der Waals surface area contributed by atoms with Crippen LogP contribution in [0.25, 0.3) is 0 Å². The van der Waals surface area contributed by atoms with Gasteiger partial charge in [-0.05, 0) is 6.92 Å². The maximum absolute atomic E-state index is 12.9. The van der Waals surface area contributed by atoms with Gasteiger partial charge < -0.3 is 5.32 Å². The number of carbonyl (C=O) groups excluding carboxylic acids is 2. The van der Waals surface area contributed by atoms with Crippen LogP contribution in [0.1, 0.15) is 6.92 Å². The van der Waals surface area contributed by atoms with Gasteiger partial charge in [-0.15, -0.1) is 0 Å². The molecule has 1 unspecified atom stereocenters. The van der Waals surface area contributed by atoms with Crippen LogP contribution in [-0.2, 0) is 9.59 Å². The van der Waals surface area contributed by atoms with E-state index in [0.29, 0.717) is 0 Å². The number of hydrogen-bond acceptors (Lipinski definition) is 3. The lowest BCUT2D eigenvalue weighted by molar-refractivity contribution is -0.136. The van der Waals surface area contributed by atoms with E-state index in [1.54, 1.807) is 0 Å². The zero-order chi connectivity index (χ0) is 10.0. The molecular weight excluding hydrogens is 177 g/mol. The molecule has 72 valence electrons. The molecular formula is C7H10FN3O2. The summed E-state index contributed by atoms with van der Waals surface area (Å²) >= 11 is 0. The highest BCUT2D eigenvalue weighted by molar-refractivity contribution is 6.10. The number of nitrogens with zero attached hydrogens (tertiary/aromatic N) is 2. The number of likely N-dealkylation sites (N-methyl/N-ethyl adjacent to an activating group) is 1. The van der Waals surface area contributed by atoms with Crippen LogP contribution in [0.3, 0.4) is 0 Å². The first-order valence-electron chi connectivity index (χ1n) is 3.77. The van der Waals surface area contributed by atoms with Crippen LogP contribution in [0.2, 0.25) is 0 Å². The van der Waals surface area contributed by atoms with E-state index in [1.807, 2.05) is 0 Å². The fourth-order valence-electron chi connectivity index (χ4n) is 0.928. The number of nitrogens with one attached hydrogen (secondary N) is 1. The van der Waals surface area contributed by atoms with Crippen molar-refractivity contribution >= 4 is 17.5 Å². The number of alkyl halides is 1. The molecule has 0 fully saturated rings. The third-order valence-corrected chi connectivity index (χ3v) is 1.69. The van der Waals surface area contributed by atoms with Crippen LogP contribution in [0.15, 0.2) is 5.10 Å². The molecule has 0 aromatic carbocycles. The molecule has 2 amide bonds. The summed E-state index contributed by atoms with van der Waals surface area (Å²) in [4.78, 5) is 21.9. The molecule has 0 radical (unpaired) electrons. The van der Waals surface area contributed by atoms with E-state index in [4.69, 9.17) is 0 Å². The quantitative estimate of drug-likeness (QED) is 0.620. The van der Waals surface area contributed by atoms with E-state index in [1.165, 1.54) is 14.0 Å². The van der Waals surface area contributed by atoms with E-state index < -0.39 is 12.1 Å². The van der Waals surface area contributed by atoms with Gasteiger partial charge in [-0.25, -0.2) is 9.40 Å². The summed E-state index contributed by atoms with van der Waals surface area (Å²) in [6.07, 6.45) is -1.69. The van der Waals surface area contributed by atoms with Crippen molar-refractivity contribution in [1.82, 2.24) is 10.3 Å². The van der Waals surface area contributed by atoms with Gasteiger partial charge in [0.15, 0.2) is 0 Å². The molecule has 0 spiro atoms. The van der Waals surface area contributed by atoms with Crippen molar-refractivity contribution in [1.29, 1.82) is 0 Å². The molecule has 0 aliphatic carbocycles. The Kier molecular flexibility index (Phi) is 2.60. The van der Waals surface area contributed by atoms with Crippen molar-refractivity contribution < 1.29 is 14.0 Å². The van der Waals surface area contributed by atoms with Gasteiger partial charge in [0.05, 0.1) is 5.71 Å². The summed E-state index contributed by atoms with van der Waals surface area (Å²) in [6.45, 7) is 1.18. The normalized spacial score (nSPS) is 21.8. The van der Waals surface area contributed by atoms with E-state index in [0.717, 1.165) is 5.01 Å². The van der Waals surface area contributed by atoms with Crippen molar-refractivity contribution in [2.75, 3.05) is 13.6 Å². The summed E-state index contributed by atoms with van der Waals surface area (Å²) < 4.78 is 12.9. The molecule has 0 bridgehead atoms. The van der Waals surface area contributed by atoms with Crippen LogP contribution in [0.4, 0.5) is 4.39 Å². The maximum atomic E-state index is 12.9. The van der Waals surface area contributed by atoms with Gasteiger partial charge in [0.2, 0.25) is 12.1 Å². The number of hydrogen-bond donors (Lipinski definition) is 1. The maximum Gasteiger partial charge on any atom is 0.283 e. The molecule has 0 saturated carbocycles. The summed E-state index contributed by atoms with van der Waals surface area (Å²) in [6, 6.07) is 0. The molecule has 0 saturated heterocycles. The Labute approximate surface area is 74.6 Å². The van der Waals surface area contributed by atoms with Crippen molar-refractivity contribution in [3.05, 3.63) is 0 Å². The Morgan fingerprint density at radius 2 is 2.38 bits per heavy atom. The van der Waals surface area contributed by atoms with Crippen LogP contribution in [0, 0.1) is 0 Å². The topological polar surface area (TPSA) is 61.8 Å². The van der Waals surface area contributed by atoms with E-state index in [9.17, 15) is 14.0 Å². The number of carbonyl (C=O) groups is 2. The molecule has 0 aromatic rings. The van der Waals surface area contributed by atoms with Gasteiger partial charge in [0.25, 0.3) is 5.91 Å². The lowest BCUT2D eigenvalue weighted by Crippen LogP contribution is -2.36. The van der Waals surface area contributed by atoms with Crippen LogP contribution >= 0.6 is 0 Å². The fourth-order valence-corrected chi connectivity index (χ4v) is 0.928. The molecule has 1 heterocycles. The Bertz CT molecular complexity index is 277. The first-order valence-corrected chi connectivity index (χ1v) is 3.77. The lowest BCUT2D eigenvalue weighted by Gasteiger charge is -2.09. The fraction of sp³-hybridized carbons (Fsp3) is 0.571. The Hall–Kier alpha value is -1.46. The first-order chi connectivity index (χ1) is 6.06. The highest BCUT2D eigenvalue weighted by Gasteiger charge is 2.33. The predicted molar refractivity (Wildman–Crippen MR) is 43.8 cm³/mol. The number of rotatable bonds is 2. The van der Waals surface area contributed by atoms with Gasteiger partial charge in [0, 0.05) is 7.05 Å². The first kappa shape index (κ1) is 9.63. The minimum Gasteiger partial charge on any atom is -0.358 e. The summed E-state index contributed by atoms with van der Waals surface area (Å²) in [5, 5.41) is 6.75. The second-order valence-corrected chi connectivity index (χ2v) is 2.67. The molecule has 0 aromatic heterocycles. The van der Waals surface area contributed by atoms with Crippen molar-refractivity contribution in [3.8, 4) is 0 Å². The van der Waals surface area contributed by atoms with Crippen LogP contribution < -0.4 is 5.32 Å². The second-order valence-electron chi connectivity index (χ2n) is 2.67. The number of halogens is 1. The van der Waals surface area contributed by atoms with E-state index in [2.05, 4.69) is 10.4 Å². The zero-order valence-electron chi connectivity index (χ0n) is 7.37. The van der Waals surface area contributed by atoms with Gasteiger partial charge in [-0.3, -0.25) is 9.59 Å². The summed E-state index contributed by atoms with van der Waals surface area (Å²) in [5.41, 5.74) is 0.0916. The Morgan fingerprint density at radius 1 is 1.77 bits per heavy atom. The van der Waals surface area contributed by atoms with Crippen molar-refractivity contribution in [3.63, 3.8) is 0 Å².